The van der Waals surface area contributed by atoms with E-state index in [2.05, 4.69) is 16.9 Å². The summed E-state index contributed by atoms with van der Waals surface area (Å²) in [6.07, 6.45) is 1.64. The molecule has 0 aliphatic carbocycles. The standard InChI is InChI=1S/C22H18N2O4S/c1-3-11-27-19-10-6-7-14-12-15(21(25)28-20(14)19)17-13-29-22(24-17)23-16-8-4-5-9-18(16)26-2/h3-10,12-13H,1,11H2,2H3,(H,23,24). The summed E-state index contributed by atoms with van der Waals surface area (Å²) in [4.78, 5) is 17.1. The van der Waals surface area contributed by atoms with Gasteiger partial charge in [-0.3, -0.25) is 0 Å². The maximum absolute atomic E-state index is 12.6. The second-order valence-corrected chi connectivity index (χ2v) is 6.94. The van der Waals surface area contributed by atoms with Crippen molar-refractivity contribution < 1.29 is 13.9 Å². The van der Waals surface area contributed by atoms with E-state index in [0.29, 0.717) is 40.1 Å². The summed E-state index contributed by atoms with van der Waals surface area (Å²) in [6, 6.07) is 14.8. The fourth-order valence-electron chi connectivity index (χ4n) is 2.88. The van der Waals surface area contributed by atoms with Crippen LogP contribution in [0.3, 0.4) is 0 Å². The summed E-state index contributed by atoms with van der Waals surface area (Å²) in [5, 5.41) is 6.44. The van der Waals surface area contributed by atoms with Crippen molar-refractivity contribution in [3.05, 3.63) is 77.0 Å². The fraction of sp³-hybridized carbons (Fsp3) is 0.0909. The van der Waals surface area contributed by atoms with E-state index < -0.39 is 5.63 Å². The van der Waals surface area contributed by atoms with Gasteiger partial charge in [0, 0.05) is 10.8 Å². The number of hydrogen-bond donors (Lipinski definition) is 1. The van der Waals surface area contributed by atoms with E-state index in [0.717, 1.165) is 11.1 Å². The van der Waals surface area contributed by atoms with Crippen molar-refractivity contribution >= 4 is 33.1 Å². The smallest absolute Gasteiger partial charge is 0.345 e. The molecule has 0 saturated heterocycles. The van der Waals surface area contributed by atoms with Crippen LogP contribution in [0.25, 0.3) is 22.2 Å². The first-order valence-corrected chi connectivity index (χ1v) is 9.74. The van der Waals surface area contributed by atoms with Crippen LogP contribution >= 0.6 is 11.3 Å². The minimum Gasteiger partial charge on any atom is -0.495 e. The van der Waals surface area contributed by atoms with Gasteiger partial charge in [0.25, 0.3) is 0 Å². The molecular weight excluding hydrogens is 388 g/mol. The third-order valence-electron chi connectivity index (χ3n) is 4.21. The number of ether oxygens (including phenoxy) is 2. The second kappa shape index (κ2) is 8.20. The van der Waals surface area contributed by atoms with Gasteiger partial charge in [0.1, 0.15) is 12.4 Å². The molecule has 1 N–H and O–H groups in total. The molecule has 4 rings (SSSR count). The van der Waals surface area contributed by atoms with Gasteiger partial charge < -0.3 is 19.2 Å². The van der Waals surface area contributed by atoms with Crippen LogP contribution in [0.15, 0.2) is 75.8 Å². The predicted molar refractivity (Wildman–Crippen MR) is 116 cm³/mol. The first-order valence-electron chi connectivity index (χ1n) is 8.86. The summed E-state index contributed by atoms with van der Waals surface area (Å²) < 4.78 is 16.5. The van der Waals surface area contributed by atoms with E-state index >= 15 is 0 Å². The Bertz CT molecular complexity index is 1230. The molecule has 2 aromatic carbocycles. The Morgan fingerprint density at radius 3 is 2.86 bits per heavy atom. The van der Waals surface area contributed by atoms with Gasteiger partial charge in [-0.25, -0.2) is 9.78 Å². The molecule has 146 valence electrons. The van der Waals surface area contributed by atoms with E-state index in [-0.39, 0.29) is 0 Å². The zero-order valence-electron chi connectivity index (χ0n) is 15.7. The average Bonchev–Trinajstić information content (AvgIpc) is 3.20. The molecule has 6 nitrogen and oxygen atoms in total. The van der Waals surface area contributed by atoms with Crippen LogP contribution in [0.4, 0.5) is 10.8 Å². The Labute approximate surface area is 171 Å². The molecule has 0 atom stereocenters. The van der Waals surface area contributed by atoms with Crippen molar-refractivity contribution in [3.63, 3.8) is 0 Å². The summed E-state index contributed by atoms with van der Waals surface area (Å²) in [5.74, 6) is 1.21. The Morgan fingerprint density at radius 1 is 1.21 bits per heavy atom. The lowest BCUT2D eigenvalue weighted by atomic mass is 10.1. The molecule has 2 aromatic heterocycles. The van der Waals surface area contributed by atoms with Crippen LogP contribution in [-0.4, -0.2) is 18.7 Å². The lowest BCUT2D eigenvalue weighted by molar-refractivity contribution is 0.359. The molecule has 0 aliphatic rings. The SMILES string of the molecule is C=CCOc1cccc2cc(-c3csc(Nc4ccccc4OC)n3)c(=O)oc12. The Hall–Kier alpha value is -3.58. The average molecular weight is 406 g/mol. The molecule has 7 heteroatoms. The highest BCUT2D eigenvalue weighted by Crippen LogP contribution is 2.32. The topological polar surface area (TPSA) is 73.6 Å². The largest absolute Gasteiger partial charge is 0.495 e. The molecule has 0 aliphatic heterocycles. The van der Waals surface area contributed by atoms with E-state index in [1.165, 1.54) is 11.3 Å². The first-order chi connectivity index (χ1) is 14.2. The van der Waals surface area contributed by atoms with E-state index in [4.69, 9.17) is 13.9 Å². The maximum Gasteiger partial charge on any atom is 0.345 e. The number of hydrogen-bond acceptors (Lipinski definition) is 7. The number of rotatable bonds is 7. The summed E-state index contributed by atoms with van der Waals surface area (Å²) in [7, 11) is 1.61. The van der Waals surface area contributed by atoms with Crippen LogP contribution in [0.2, 0.25) is 0 Å². The fourth-order valence-corrected chi connectivity index (χ4v) is 3.60. The number of aromatic nitrogens is 1. The number of para-hydroxylation sites is 3. The van der Waals surface area contributed by atoms with Gasteiger partial charge in [0.05, 0.1) is 24.1 Å². The molecule has 29 heavy (non-hydrogen) atoms. The highest BCUT2D eigenvalue weighted by Gasteiger charge is 2.14. The molecule has 0 radical (unpaired) electrons. The summed E-state index contributed by atoms with van der Waals surface area (Å²) in [6.45, 7) is 3.96. The van der Waals surface area contributed by atoms with Crippen LogP contribution < -0.4 is 20.4 Å². The van der Waals surface area contributed by atoms with Gasteiger partial charge in [0.15, 0.2) is 16.5 Å². The molecule has 0 unspecified atom stereocenters. The van der Waals surface area contributed by atoms with Crippen molar-refractivity contribution in [1.29, 1.82) is 0 Å². The Kier molecular flexibility index (Phi) is 5.31. The van der Waals surface area contributed by atoms with Crippen molar-refractivity contribution in [1.82, 2.24) is 4.98 Å². The number of methoxy groups -OCH3 is 1. The second-order valence-electron chi connectivity index (χ2n) is 6.08. The van der Waals surface area contributed by atoms with Gasteiger partial charge in [-0.15, -0.1) is 11.3 Å². The number of nitrogens with zero attached hydrogens (tertiary/aromatic N) is 1. The van der Waals surface area contributed by atoms with E-state index in [9.17, 15) is 4.79 Å². The molecule has 0 saturated carbocycles. The third-order valence-corrected chi connectivity index (χ3v) is 4.97. The van der Waals surface area contributed by atoms with Gasteiger partial charge in [-0.1, -0.05) is 36.9 Å². The Balaban J connectivity index is 1.68. The van der Waals surface area contributed by atoms with Gasteiger partial charge in [0.2, 0.25) is 0 Å². The number of benzene rings is 2. The lowest BCUT2D eigenvalue weighted by Crippen LogP contribution is -2.04. The van der Waals surface area contributed by atoms with E-state index in [1.807, 2.05) is 41.8 Å². The number of thiazole rings is 1. The van der Waals surface area contributed by atoms with Crippen molar-refractivity contribution in [2.24, 2.45) is 0 Å². The van der Waals surface area contributed by atoms with Gasteiger partial charge >= 0.3 is 5.63 Å². The molecule has 0 fully saturated rings. The van der Waals surface area contributed by atoms with Crippen LogP contribution in [-0.2, 0) is 0 Å². The summed E-state index contributed by atoms with van der Waals surface area (Å²) >= 11 is 1.39. The molecule has 0 bridgehead atoms. The summed E-state index contributed by atoms with van der Waals surface area (Å²) in [5.41, 5.74) is 1.67. The van der Waals surface area contributed by atoms with E-state index in [1.54, 1.807) is 25.3 Å². The number of fused-ring (bicyclic) bond motifs is 1. The first kappa shape index (κ1) is 18.8. The molecule has 0 amide bonds. The van der Waals surface area contributed by atoms with Crippen LogP contribution in [0.5, 0.6) is 11.5 Å². The Morgan fingerprint density at radius 2 is 2.03 bits per heavy atom. The lowest BCUT2D eigenvalue weighted by Gasteiger charge is -2.08. The molecule has 4 aromatic rings. The van der Waals surface area contributed by atoms with Gasteiger partial charge in [-0.05, 0) is 24.3 Å². The monoisotopic (exact) mass is 406 g/mol. The quantitative estimate of drug-likeness (QED) is 0.334. The predicted octanol–water partition coefficient (Wildman–Crippen LogP) is 5.23. The highest BCUT2D eigenvalue weighted by atomic mass is 32.1. The van der Waals surface area contributed by atoms with Crippen molar-refractivity contribution in [3.8, 4) is 22.8 Å². The van der Waals surface area contributed by atoms with Crippen molar-refractivity contribution in [2.45, 2.75) is 0 Å². The highest BCUT2D eigenvalue weighted by molar-refractivity contribution is 7.14. The minimum atomic E-state index is -0.471. The van der Waals surface area contributed by atoms with Crippen LogP contribution in [0.1, 0.15) is 0 Å². The van der Waals surface area contributed by atoms with Crippen LogP contribution in [0, 0.1) is 0 Å². The normalized spacial score (nSPS) is 10.7. The zero-order chi connectivity index (χ0) is 20.2. The molecular formula is C22H18N2O4S. The third kappa shape index (κ3) is 3.86. The molecule has 2 heterocycles. The maximum atomic E-state index is 12.6. The minimum absolute atomic E-state index is 0.328. The number of nitrogens with one attached hydrogen (secondary N) is 1. The molecule has 0 spiro atoms. The zero-order valence-corrected chi connectivity index (χ0v) is 16.5. The van der Waals surface area contributed by atoms with Gasteiger partial charge in [-0.2, -0.15) is 0 Å². The number of anilines is 2. The van der Waals surface area contributed by atoms with Crippen molar-refractivity contribution in [2.75, 3.05) is 19.0 Å².